The van der Waals surface area contributed by atoms with E-state index in [4.69, 9.17) is 10.2 Å². The van der Waals surface area contributed by atoms with Crippen LogP contribution in [0.25, 0.3) is 0 Å². The number of cyclic esters (lactones) is 2. The second kappa shape index (κ2) is 8.36. The third-order valence-electron chi connectivity index (χ3n) is 1.03. The average molecular weight is 204 g/mol. The maximum absolute atomic E-state index is 9.92. The molecule has 0 saturated heterocycles. The van der Waals surface area contributed by atoms with Crippen LogP contribution in [0.5, 0.6) is 0 Å². The number of hydrogen-bond acceptors (Lipinski definition) is 6. The predicted molar refractivity (Wildman–Crippen MR) is 45.2 cm³/mol. The Kier molecular flexibility index (Phi) is 7.62. The zero-order valence-electron chi connectivity index (χ0n) is 7.51. The lowest BCUT2D eigenvalue weighted by atomic mass is 10.6. The molecule has 1 heterocycles. The van der Waals surface area contributed by atoms with Gasteiger partial charge in [-0.05, 0) is 0 Å². The number of rotatable bonds is 4. The second-order valence-electron chi connectivity index (χ2n) is 2.13. The number of aliphatic hydroxyl groups excluding tert-OH is 2. The summed E-state index contributed by atoms with van der Waals surface area (Å²) in [5.74, 6) is -1.16. The minimum absolute atomic E-state index is 0.0278. The van der Waals surface area contributed by atoms with Crippen molar-refractivity contribution in [1.82, 2.24) is 0 Å². The van der Waals surface area contributed by atoms with E-state index in [1.165, 1.54) is 0 Å². The van der Waals surface area contributed by atoms with Crippen LogP contribution < -0.4 is 0 Å². The Bertz CT molecular complexity index is 190. The molecule has 0 aliphatic carbocycles. The van der Waals surface area contributed by atoms with Gasteiger partial charge < -0.3 is 19.7 Å². The molecule has 1 rings (SSSR count). The molecule has 1 aliphatic heterocycles. The van der Waals surface area contributed by atoms with E-state index in [0.29, 0.717) is 13.2 Å². The van der Waals surface area contributed by atoms with Gasteiger partial charge in [-0.25, -0.2) is 9.59 Å². The second-order valence-corrected chi connectivity index (χ2v) is 2.13. The van der Waals surface area contributed by atoms with E-state index in [9.17, 15) is 9.59 Å². The molecule has 0 radical (unpaired) electrons. The third kappa shape index (κ3) is 7.41. The molecular weight excluding hydrogens is 192 g/mol. The Hall–Kier alpha value is -1.24. The highest BCUT2D eigenvalue weighted by Gasteiger charge is 2.10. The van der Waals surface area contributed by atoms with Gasteiger partial charge in [0.25, 0.3) is 0 Å². The molecule has 0 fully saturated rings. The van der Waals surface area contributed by atoms with Gasteiger partial charge in [-0.3, -0.25) is 0 Å². The van der Waals surface area contributed by atoms with Crippen LogP contribution in [0.15, 0.2) is 12.2 Å². The molecule has 0 aromatic carbocycles. The fraction of sp³-hybridized carbons (Fsp3) is 0.500. The maximum Gasteiger partial charge on any atom is 0.338 e. The maximum atomic E-state index is 9.92. The van der Waals surface area contributed by atoms with Crippen molar-refractivity contribution in [1.29, 1.82) is 0 Å². The predicted octanol–water partition coefficient (Wildman–Crippen LogP) is -1.39. The number of carbonyl (C=O) groups excluding carboxylic acids is 2. The molecule has 6 heteroatoms. The number of ether oxygens (including phenoxy) is 2. The molecule has 0 aromatic rings. The molecule has 6 nitrogen and oxygen atoms in total. The van der Waals surface area contributed by atoms with Crippen molar-refractivity contribution in [2.45, 2.75) is 0 Å². The summed E-state index contributed by atoms with van der Waals surface area (Å²) in [6.45, 7) is 0.696. The monoisotopic (exact) mass is 204 g/mol. The van der Waals surface area contributed by atoms with Crippen LogP contribution in [0.1, 0.15) is 0 Å². The van der Waals surface area contributed by atoms with Crippen molar-refractivity contribution >= 4 is 11.9 Å². The minimum atomic E-state index is -0.579. The number of esters is 2. The Morgan fingerprint density at radius 3 is 1.71 bits per heavy atom. The quantitative estimate of drug-likeness (QED) is 0.333. The molecule has 0 unspecified atom stereocenters. The van der Waals surface area contributed by atoms with E-state index in [2.05, 4.69) is 9.47 Å². The fourth-order valence-electron chi connectivity index (χ4n) is 0.534. The van der Waals surface area contributed by atoms with Crippen LogP contribution in [0, 0.1) is 0 Å². The topological polar surface area (TPSA) is 93.1 Å². The molecule has 0 aromatic heterocycles. The lowest BCUT2D eigenvalue weighted by Gasteiger charge is -1.94. The minimum Gasteiger partial charge on any atom is -0.394 e. The summed E-state index contributed by atoms with van der Waals surface area (Å²) >= 11 is 0. The molecule has 80 valence electrons. The molecule has 0 saturated carbocycles. The van der Waals surface area contributed by atoms with Crippen molar-refractivity contribution in [2.24, 2.45) is 0 Å². The molecular formula is C8H12O6. The summed E-state index contributed by atoms with van der Waals surface area (Å²) in [4.78, 5) is 19.8. The van der Waals surface area contributed by atoms with Gasteiger partial charge in [-0.15, -0.1) is 0 Å². The molecule has 0 bridgehead atoms. The Labute approximate surface area is 80.7 Å². The summed E-state index contributed by atoms with van der Waals surface area (Å²) in [7, 11) is 0. The summed E-state index contributed by atoms with van der Waals surface area (Å²) in [5.41, 5.74) is 0. The van der Waals surface area contributed by atoms with Gasteiger partial charge in [0.05, 0.1) is 26.4 Å². The first-order valence-corrected chi connectivity index (χ1v) is 3.94. The number of carbonyl (C=O) groups is 2. The normalized spacial score (nSPS) is 13.6. The van der Waals surface area contributed by atoms with Crippen LogP contribution in [0.4, 0.5) is 0 Å². The van der Waals surface area contributed by atoms with Crippen molar-refractivity contribution < 1.29 is 29.3 Å². The van der Waals surface area contributed by atoms with Gasteiger partial charge in [-0.2, -0.15) is 0 Å². The third-order valence-corrected chi connectivity index (χ3v) is 1.03. The lowest BCUT2D eigenvalue weighted by molar-refractivity contribution is -0.150. The first-order chi connectivity index (χ1) is 6.70. The fourth-order valence-corrected chi connectivity index (χ4v) is 0.534. The van der Waals surface area contributed by atoms with Gasteiger partial charge in [-0.1, -0.05) is 0 Å². The van der Waals surface area contributed by atoms with Crippen molar-refractivity contribution in [3.8, 4) is 0 Å². The Balaban J connectivity index is 0.000000241. The molecule has 2 N–H and O–H groups in total. The van der Waals surface area contributed by atoms with E-state index in [0.717, 1.165) is 12.2 Å². The smallest absolute Gasteiger partial charge is 0.338 e. The number of hydrogen-bond donors (Lipinski definition) is 2. The van der Waals surface area contributed by atoms with Gasteiger partial charge in [0.1, 0.15) is 0 Å². The Morgan fingerprint density at radius 2 is 1.50 bits per heavy atom. The molecule has 14 heavy (non-hydrogen) atoms. The van der Waals surface area contributed by atoms with E-state index in [1.54, 1.807) is 0 Å². The van der Waals surface area contributed by atoms with Crippen molar-refractivity contribution in [2.75, 3.05) is 26.4 Å². The molecule has 1 aliphatic rings. The van der Waals surface area contributed by atoms with Crippen molar-refractivity contribution in [3.63, 3.8) is 0 Å². The van der Waals surface area contributed by atoms with Crippen LogP contribution in [-0.4, -0.2) is 48.6 Å². The highest BCUT2D eigenvalue weighted by atomic mass is 16.6. The van der Waals surface area contributed by atoms with E-state index >= 15 is 0 Å². The first kappa shape index (κ1) is 12.8. The standard InChI is InChI=1S/C4H2O3.C4H10O3/c5-3-1-2-4(6)7-3;5-1-3-7-4-2-6/h1-2H;5-6H,1-4H2. The van der Waals surface area contributed by atoms with E-state index in [-0.39, 0.29) is 13.2 Å². The highest BCUT2D eigenvalue weighted by molar-refractivity contribution is 6.04. The largest absolute Gasteiger partial charge is 0.394 e. The molecule has 0 atom stereocenters. The van der Waals surface area contributed by atoms with Crippen LogP contribution in [-0.2, 0) is 19.1 Å². The summed E-state index contributed by atoms with van der Waals surface area (Å²) < 4.78 is 8.60. The zero-order valence-corrected chi connectivity index (χ0v) is 7.51. The Morgan fingerprint density at radius 1 is 1.07 bits per heavy atom. The number of aliphatic hydroxyl groups is 2. The van der Waals surface area contributed by atoms with Crippen LogP contribution in [0.2, 0.25) is 0 Å². The summed E-state index contributed by atoms with van der Waals surface area (Å²) in [5, 5.41) is 16.2. The average Bonchev–Trinajstić information content (AvgIpc) is 2.52. The van der Waals surface area contributed by atoms with Gasteiger partial charge >= 0.3 is 11.9 Å². The SMILES string of the molecule is O=C1C=CC(=O)O1.OCCOCCO. The highest BCUT2D eigenvalue weighted by Crippen LogP contribution is 1.92. The van der Waals surface area contributed by atoms with Crippen LogP contribution in [0.3, 0.4) is 0 Å². The van der Waals surface area contributed by atoms with Crippen molar-refractivity contribution in [3.05, 3.63) is 12.2 Å². The van der Waals surface area contributed by atoms with Gasteiger partial charge in [0, 0.05) is 12.2 Å². The lowest BCUT2D eigenvalue weighted by Crippen LogP contribution is -2.03. The molecule has 0 spiro atoms. The summed E-state index contributed by atoms with van der Waals surface area (Å²) in [6.07, 6.45) is 2.17. The summed E-state index contributed by atoms with van der Waals surface area (Å²) in [6, 6.07) is 0. The first-order valence-electron chi connectivity index (χ1n) is 3.94. The van der Waals surface area contributed by atoms with Crippen LogP contribution >= 0.6 is 0 Å². The van der Waals surface area contributed by atoms with Gasteiger partial charge in [0.15, 0.2) is 0 Å². The van der Waals surface area contributed by atoms with E-state index < -0.39 is 11.9 Å². The molecule has 0 amide bonds. The van der Waals surface area contributed by atoms with Gasteiger partial charge in [0.2, 0.25) is 0 Å². The zero-order chi connectivity index (χ0) is 10.8. The van der Waals surface area contributed by atoms with E-state index in [1.807, 2.05) is 0 Å².